The first-order valence-corrected chi connectivity index (χ1v) is 7.13. The van der Waals surface area contributed by atoms with Crippen LogP contribution in [0, 0.1) is 0 Å². The van der Waals surface area contributed by atoms with Gasteiger partial charge in [0.25, 0.3) is 5.91 Å². The molecule has 1 unspecified atom stereocenters. The van der Waals surface area contributed by atoms with Crippen molar-refractivity contribution in [2.75, 3.05) is 0 Å². The van der Waals surface area contributed by atoms with Crippen molar-refractivity contribution in [1.82, 2.24) is 10.3 Å². The molecule has 1 aromatic rings. The first-order chi connectivity index (χ1) is 8.75. The van der Waals surface area contributed by atoms with Crippen LogP contribution in [0.5, 0.6) is 0 Å². The van der Waals surface area contributed by atoms with Crippen LogP contribution in [0.2, 0.25) is 0 Å². The Morgan fingerprint density at radius 2 is 2.11 bits per heavy atom. The molecule has 0 aliphatic rings. The van der Waals surface area contributed by atoms with Crippen molar-refractivity contribution in [3.63, 3.8) is 0 Å². The summed E-state index contributed by atoms with van der Waals surface area (Å²) in [4.78, 5) is 27.2. The lowest BCUT2D eigenvalue weighted by Crippen LogP contribution is -2.40. The van der Waals surface area contributed by atoms with Crippen LogP contribution in [0.15, 0.2) is 5.38 Å². The maximum absolute atomic E-state index is 11.9. The summed E-state index contributed by atoms with van der Waals surface area (Å²) in [5.74, 6) is -1.44. The van der Waals surface area contributed by atoms with Crippen LogP contribution in [0.1, 0.15) is 56.0 Å². The minimum atomic E-state index is -1.01. The van der Waals surface area contributed by atoms with Gasteiger partial charge in [0.2, 0.25) is 0 Å². The number of amides is 1. The third-order valence-corrected chi connectivity index (χ3v) is 3.83. The van der Waals surface area contributed by atoms with Crippen molar-refractivity contribution < 1.29 is 14.7 Å². The van der Waals surface area contributed by atoms with Crippen molar-refractivity contribution >= 4 is 23.2 Å². The number of carboxylic acids is 1. The fourth-order valence-electron chi connectivity index (χ4n) is 1.50. The van der Waals surface area contributed by atoms with Crippen molar-refractivity contribution in [3.8, 4) is 0 Å². The molecule has 19 heavy (non-hydrogen) atoms. The molecule has 1 heterocycles. The summed E-state index contributed by atoms with van der Waals surface area (Å²) in [6.07, 6.45) is 1.11. The summed E-state index contributed by atoms with van der Waals surface area (Å²) in [6, 6.07) is -0.850. The fraction of sp³-hybridized carbons (Fsp3) is 0.615. The number of carboxylic acid groups (broad SMARTS) is 1. The second kappa shape index (κ2) is 6.14. The molecule has 1 amide bonds. The van der Waals surface area contributed by atoms with Gasteiger partial charge in [-0.3, -0.25) is 4.79 Å². The minimum Gasteiger partial charge on any atom is -0.480 e. The molecular formula is C13H20N2O3S. The van der Waals surface area contributed by atoms with Crippen molar-refractivity contribution in [3.05, 3.63) is 16.1 Å². The number of nitrogens with zero attached hydrogens (tertiary/aromatic N) is 1. The number of aromatic nitrogens is 1. The molecule has 0 radical (unpaired) electrons. The van der Waals surface area contributed by atoms with Crippen LogP contribution in [-0.2, 0) is 10.2 Å². The van der Waals surface area contributed by atoms with Crippen molar-refractivity contribution in [2.45, 2.75) is 52.0 Å². The largest absolute Gasteiger partial charge is 0.480 e. The molecule has 0 bridgehead atoms. The molecule has 1 rings (SSSR count). The van der Waals surface area contributed by atoms with E-state index in [1.54, 1.807) is 5.38 Å². The van der Waals surface area contributed by atoms with Gasteiger partial charge in [0, 0.05) is 10.8 Å². The molecule has 0 aromatic carbocycles. The number of nitrogens with one attached hydrogen (secondary N) is 1. The quantitative estimate of drug-likeness (QED) is 0.870. The summed E-state index contributed by atoms with van der Waals surface area (Å²) < 4.78 is 0. The van der Waals surface area contributed by atoms with Gasteiger partial charge in [-0.25, -0.2) is 9.78 Å². The van der Waals surface area contributed by atoms with E-state index in [4.69, 9.17) is 5.11 Å². The zero-order chi connectivity index (χ0) is 14.6. The van der Waals surface area contributed by atoms with E-state index in [-0.39, 0.29) is 11.1 Å². The highest BCUT2D eigenvalue weighted by Crippen LogP contribution is 2.25. The van der Waals surface area contributed by atoms with Gasteiger partial charge in [0.15, 0.2) is 0 Å². The summed E-state index contributed by atoms with van der Waals surface area (Å²) >= 11 is 1.41. The van der Waals surface area contributed by atoms with Gasteiger partial charge in [-0.1, -0.05) is 34.1 Å². The predicted octanol–water partition coefficient (Wildman–Crippen LogP) is 2.42. The highest BCUT2D eigenvalue weighted by molar-refractivity contribution is 7.10. The van der Waals surface area contributed by atoms with E-state index in [1.807, 2.05) is 27.7 Å². The first-order valence-electron chi connectivity index (χ1n) is 6.25. The maximum Gasteiger partial charge on any atom is 0.326 e. The summed E-state index contributed by atoms with van der Waals surface area (Å²) in [7, 11) is 0. The van der Waals surface area contributed by atoms with Gasteiger partial charge in [-0.15, -0.1) is 11.3 Å². The number of rotatable bonds is 5. The average molecular weight is 284 g/mol. The number of carbonyl (C=O) groups is 2. The van der Waals surface area contributed by atoms with E-state index in [0.29, 0.717) is 12.8 Å². The summed E-state index contributed by atoms with van der Waals surface area (Å²) in [5.41, 5.74) is 0.177. The highest BCUT2D eigenvalue weighted by Gasteiger charge is 2.23. The summed E-state index contributed by atoms with van der Waals surface area (Å²) in [5, 5.41) is 14.0. The zero-order valence-electron chi connectivity index (χ0n) is 11.7. The Morgan fingerprint density at radius 3 is 2.53 bits per heavy atom. The zero-order valence-corrected chi connectivity index (χ0v) is 12.5. The van der Waals surface area contributed by atoms with E-state index in [0.717, 1.165) is 5.01 Å². The average Bonchev–Trinajstić information content (AvgIpc) is 2.76. The van der Waals surface area contributed by atoms with Crippen LogP contribution in [-0.4, -0.2) is 28.0 Å². The van der Waals surface area contributed by atoms with Crippen LogP contribution in [0.25, 0.3) is 0 Å². The van der Waals surface area contributed by atoms with Crippen LogP contribution < -0.4 is 5.32 Å². The molecule has 0 aliphatic heterocycles. The lowest BCUT2D eigenvalue weighted by molar-refractivity contribution is -0.139. The van der Waals surface area contributed by atoms with E-state index in [1.165, 1.54) is 11.3 Å². The van der Waals surface area contributed by atoms with Gasteiger partial charge in [-0.2, -0.15) is 0 Å². The highest BCUT2D eigenvalue weighted by atomic mass is 32.1. The molecular weight excluding hydrogens is 264 g/mol. The first kappa shape index (κ1) is 15.6. The number of aliphatic carboxylic acids is 1. The Kier molecular flexibility index (Phi) is 5.05. The number of hydrogen-bond donors (Lipinski definition) is 2. The number of hydrogen-bond acceptors (Lipinski definition) is 4. The molecule has 1 atom stereocenters. The summed E-state index contributed by atoms with van der Waals surface area (Å²) in [6.45, 7) is 7.93. The Labute approximate surface area is 117 Å². The van der Waals surface area contributed by atoms with Gasteiger partial charge >= 0.3 is 5.97 Å². The molecule has 106 valence electrons. The van der Waals surface area contributed by atoms with Crippen LogP contribution in [0.3, 0.4) is 0 Å². The SMILES string of the molecule is CCCC(NC(=O)c1csc(C(C)(C)C)n1)C(=O)O. The molecule has 0 spiro atoms. The molecule has 1 aromatic heterocycles. The third kappa shape index (κ3) is 4.31. The van der Waals surface area contributed by atoms with E-state index >= 15 is 0 Å². The lowest BCUT2D eigenvalue weighted by atomic mass is 9.98. The Hall–Kier alpha value is -1.43. The Bertz CT molecular complexity index is 463. The molecule has 0 saturated carbocycles. The van der Waals surface area contributed by atoms with Gasteiger partial charge < -0.3 is 10.4 Å². The molecule has 0 aliphatic carbocycles. The molecule has 0 fully saturated rings. The van der Waals surface area contributed by atoms with Gasteiger partial charge in [0.05, 0.1) is 5.01 Å². The predicted molar refractivity (Wildman–Crippen MR) is 74.6 cm³/mol. The van der Waals surface area contributed by atoms with E-state index in [9.17, 15) is 9.59 Å². The lowest BCUT2D eigenvalue weighted by Gasteiger charge is -2.14. The van der Waals surface area contributed by atoms with Crippen molar-refractivity contribution in [1.29, 1.82) is 0 Å². The monoisotopic (exact) mass is 284 g/mol. The fourth-order valence-corrected chi connectivity index (χ4v) is 2.39. The number of carbonyl (C=O) groups excluding carboxylic acids is 1. The standard InChI is InChI=1S/C13H20N2O3S/c1-5-6-8(11(17)18)14-10(16)9-7-19-12(15-9)13(2,3)4/h7-8H,5-6H2,1-4H3,(H,14,16)(H,17,18). The Morgan fingerprint density at radius 1 is 1.47 bits per heavy atom. The molecule has 0 saturated heterocycles. The minimum absolute atomic E-state index is 0.112. The molecule has 2 N–H and O–H groups in total. The molecule has 6 heteroatoms. The van der Waals surface area contributed by atoms with E-state index < -0.39 is 17.9 Å². The normalized spacial score (nSPS) is 13.1. The van der Waals surface area contributed by atoms with Crippen LogP contribution >= 0.6 is 11.3 Å². The van der Waals surface area contributed by atoms with Crippen molar-refractivity contribution in [2.24, 2.45) is 0 Å². The van der Waals surface area contributed by atoms with Crippen LogP contribution in [0.4, 0.5) is 0 Å². The Balaban J connectivity index is 2.78. The molecule has 5 nitrogen and oxygen atoms in total. The van der Waals surface area contributed by atoms with E-state index in [2.05, 4.69) is 10.3 Å². The topological polar surface area (TPSA) is 79.3 Å². The maximum atomic E-state index is 11.9. The second-order valence-corrected chi connectivity index (χ2v) is 6.30. The smallest absolute Gasteiger partial charge is 0.326 e. The van der Waals surface area contributed by atoms with Gasteiger partial charge in [0.1, 0.15) is 11.7 Å². The van der Waals surface area contributed by atoms with Gasteiger partial charge in [-0.05, 0) is 6.42 Å². The second-order valence-electron chi connectivity index (χ2n) is 5.44. The number of thiazole rings is 1. The third-order valence-electron chi connectivity index (χ3n) is 2.56.